The van der Waals surface area contributed by atoms with Crippen LogP contribution in [0.25, 0.3) is 0 Å². The monoisotopic (exact) mass is 391 g/mol. The number of nitrogens with one attached hydrogen (secondary N) is 1. The van der Waals surface area contributed by atoms with Gasteiger partial charge < -0.3 is 10.2 Å². The fourth-order valence-corrected chi connectivity index (χ4v) is 4.38. The molecule has 2 aromatic rings. The van der Waals surface area contributed by atoms with Crippen LogP contribution in [0.15, 0.2) is 21.5 Å². The molecule has 10 nitrogen and oxygen atoms in total. The van der Waals surface area contributed by atoms with Crippen molar-refractivity contribution in [2.45, 2.75) is 31.8 Å². The number of anilines is 1. The summed E-state index contributed by atoms with van der Waals surface area (Å²) in [5.41, 5.74) is 1.65. The number of fused-ring (bicyclic) bond motifs is 1. The number of carbonyl (C=O) groups excluding carboxylic acids is 2. The highest BCUT2D eigenvalue weighted by Gasteiger charge is 2.26. The molecule has 3 rings (SSSR count). The molecule has 2 aromatic heterocycles. The molecule has 27 heavy (non-hydrogen) atoms. The molecule has 1 aliphatic heterocycles. The van der Waals surface area contributed by atoms with E-state index < -0.39 is 15.6 Å². The van der Waals surface area contributed by atoms with Crippen LogP contribution in [0.5, 0.6) is 0 Å². The molecule has 11 heteroatoms. The molecule has 2 amide bonds. The van der Waals surface area contributed by atoms with E-state index in [0.717, 1.165) is 0 Å². The maximum atomic E-state index is 12.9. The molecule has 1 N–H and O–H groups in total. The maximum absolute atomic E-state index is 12.9. The second kappa shape index (κ2) is 7.06. The van der Waals surface area contributed by atoms with Gasteiger partial charge in [0.2, 0.25) is 5.95 Å². The average Bonchev–Trinajstić information content (AvgIpc) is 3.03. The van der Waals surface area contributed by atoms with Crippen LogP contribution in [-0.2, 0) is 27.6 Å². The zero-order chi connectivity index (χ0) is 19.8. The van der Waals surface area contributed by atoms with Crippen molar-refractivity contribution in [2.24, 2.45) is 4.36 Å². The number of hydrogen-bond donors (Lipinski definition) is 1. The molecule has 0 saturated carbocycles. The largest absolute Gasteiger partial charge is 0.354 e. The standard InChI is InChI=1S/C16H21N7O3S/c1-10-7-12(15(25)17-3)20-16(19-10)22-5-6-23-13(9-22)14(8-18-23)27(4,26)21-11(2)24/h7-8H,5-6,9H2,1-4H3,(H,17,25). The summed E-state index contributed by atoms with van der Waals surface area (Å²) in [5.74, 6) is -0.369. The van der Waals surface area contributed by atoms with Gasteiger partial charge in [0.25, 0.3) is 11.8 Å². The molecule has 0 fully saturated rings. The summed E-state index contributed by atoms with van der Waals surface area (Å²) in [7, 11) is -1.34. The Morgan fingerprint density at radius 2 is 2.04 bits per heavy atom. The Balaban J connectivity index is 1.99. The fourth-order valence-electron chi connectivity index (χ4n) is 2.94. The van der Waals surface area contributed by atoms with Gasteiger partial charge in [-0.05, 0) is 13.0 Å². The molecule has 1 atom stereocenters. The highest BCUT2D eigenvalue weighted by atomic mass is 32.2. The lowest BCUT2D eigenvalue weighted by Gasteiger charge is -2.28. The van der Waals surface area contributed by atoms with Crippen LogP contribution in [0.4, 0.5) is 5.95 Å². The van der Waals surface area contributed by atoms with Crippen LogP contribution in [0.1, 0.15) is 28.8 Å². The van der Waals surface area contributed by atoms with Gasteiger partial charge in [-0.15, -0.1) is 0 Å². The molecule has 3 heterocycles. The van der Waals surface area contributed by atoms with Crippen LogP contribution in [0, 0.1) is 6.92 Å². The number of nitrogens with zero attached hydrogens (tertiary/aromatic N) is 6. The molecule has 0 aromatic carbocycles. The Labute approximate surface area is 157 Å². The van der Waals surface area contributed by atoms with Crippen LogP contribution >= 0.6 is 0 Å². The Hall–Kier alpha value is -2.82. The van der Waals surface area contributed by atoms with Crippen molar-refractivity contribution in [2.75, 3.05) is 24.7 Å². The van der Waals surface area contributed by atoms with Crippen LogP contribution in [0.2, 0.25) is 0 Å². The summed E-state index contributed by atoms with van der Waals surface area (Å²) < 4.78 is 18.4. The van der Waals surface area contributed by atoms with Crippen molar-refractivity contribution in [1.82, 2.24) is 25.1 Å². The van der Waals surface area contributed by atoms with Crippen molar-refractivity contribution in [1.29, 1.82) is 0 Å². The van der Waals surface area contributed by atoms with Gasteiger partial charge in [0.15, 0.2) is 0 Å². The van der Waals surface area contributed by atoms with Gasteiger partial charge in [0, 0.05) is 32.5 Å². The second-order valence-electron chi connectivity index (χ2n) is 6.29. The highest BCUT2D eigenvalue weighted by Crippen LogP contribution is 2.24. The van der Waals surface area contributed by atoms with Gasteiger partial charge in [-0.25, -0.2) is 14.2 Å². The van der Waals surface area contributed by atoms with Crippen molar-refractivity contribution < 1.29 is 13.8 Å². The lowest BCUT2D eigenvalue weighted by molar-refractivity contribution is -0.115. The van der Waals surface area contributed by atoms with Gasteiger partial charge in [0.05, 0.1) is 39.6 Å². The number of carbonyl (C=O) groups is 2. The van der Waals surface area contributed by atoms with E-state index in [2.05, 4.69) is 24.7 Å². The first-order chi connectivity index (χ1) is 12.7. The number of aryl methyl sites for hydroxylation is 1. The van der Waals surface area contributed by atoms with Crippen LogP contribution in [0.3, 0.4) is 0 Å². The van der Waals surface area contributed by atoms with Gasteiger partial charge in [-0.1, -0.05) is 0 Å². The predicted octanol–water partition coefficient (Wildman–Crippen LogP) is 0.365. The maximum Gasteiger partial charge on any atom is 0.269 e. The van der Waals surface area contributed by atoms with E-state index in [1.54, 1.807) is 24.7 Å². The van der Waals surface area contributed by atoms with E-state index in [-0.39, 0.29) is 11.6 Å². The summed E-state index contributed by atoms with van der Waals surface area (Å²) in [5, 5.41) is 6.82. The zero-order valence-corrected chi connectivity index (χ0v) is 16.4. The van der Waals surface area contributed by atoms with Gasteiger partial charge in [0.1, 0.15) is 5.69 Å². The third-order valence-electron chi connectivity index (χ3n) is 4.13. The topological polar surface area (TPSA) is 122 Å². The highest BCUT2D eigenvalue weighted by molar-refractivity contribution is 7.93. The predicted molar refractivity (Wildman–Crippen MR) is 98.9 cm³/mol. The third kappa shape index (κ3) is 3.82. The molecule has 0 saturated heterocycles. The van der Waals surface area contributed by atoms with Gasteiger partial charge in [-0.3, -0.25) is 14.3 Å². The van der Waals surface area contributed by atoms with Crippen molar-refractivity contribution >= 4 is 27.5 Å². The first-order valence-corrected chi connectivity index (χ1v) is 10.2. The zero-order valence-electron chi connectivity index (χ0n) is 15.6. The molecule has 0 bridgehead atoms. The van der Waals surface area contributed by atoms with Gasteiger partial charge >= 0.3 is 0 Å². The van der Waals surface area contributed by atoms with E-state index in [0.29, 0.717) is 41.9 Å². The normalized spacial score (nSPS) is 15.6. The second-order valence-corrected chi connectivity index (χ2v) is 8.51. The molecule has 144 valence electrons. The SMILES string of the molecule is CNC(=O)c1cc(C)nc(N2CCn3ncc(S(C)(=O)=NC(C)=O)c3C2)n1. The number of aromatic nitrogens is 4. The average molecular weight is 391 g/mol. The molecule has 0 aliphatic carbocycles. The Morgan fingerprint density at radius 1 is 1.30 bits per heavy atom. The minimum Gasteiger partial charge on any atom is -0.354 e. The van der Waals surface area contributed by atoms with E-state index in [9.17, 15) is 13.8 Å². The first-order valence-electron chi connectivity index (χ1n) is 8.31. The van der Waals surface area contributed by atoms with Crippen molar-refractivity contribution in [3.05, 3.63) is 29.3 Å². The summed E-state index contributed by atoms with van der Waals surface area (Å²) in [6.07, 6.45) is 2.93. The lowest BCUT2D eigenvalue weighted by Crippen LogP contribution is -2.36. The molecule has 1 unspecified atom stereocenters. The lowest BCUT2D eigenvalue weighted by atomic mass is 10.3. The minimum atomic E-state index is -2.89. The number of amides is 2. The summed E-state index contributed by atoms with van der Waals surface area (Å²) >= 11 is 0. The van der Waals surface area contributed by atoms with Crippen LogP contribution < -0.4 is 10.2 Å². The third-order valence-corrected chi connectivity index (χ3v) is 5.89. The first kappa shape index (κ1) is 19.0. The Kier molecular flexibility index (Phi) is 4.96. The quantitative estimate of drug-likeness (QED) is 0.801. The molecular weight excluding hydrogens is 370 g/mol. The smallest absolute Gasteiger partial charge is 0.269 e. The molecule has 0 radical (unpaired) electrons. The van der Waals surface area contributed by atoms with Gasteiger partial charge in [-0.2, -0.15) is 9.46 Å². The van der Waals surface area contributed by atoms with E-state index in [4.69, 9.17) is 0 Å². The number of rotatable bonds is 3. The van der Waals surface area contributed by atoms with E-state index >= 15 is 0 Å². The van der Waals surface area contributed by atoms with Crippen LogP contribution in [-0.4, -0.2) is 55.6 Å². The fraction of sp³-hybridized carbons (Fsp3) is 0.438. The summed E-state index contributed by atoms with van der Waals surface area (Å²) in [4.78, 5) is 34.4. The Morgan fingerprint density at radius 3 is 2.70 bits per heavy atom. The minimum absolute atomic E-state index is 0.283. The molecular formula is C16H21N7O3S. The molecule has 0 spiro atoms. The van der Waals surface area contributed by atoms with Crippen molar-refractivity contribution in [3.63, 3.8) is 0 Å². The number of hydrogen-bond acceptors (Lipinski definition) is 7. The Bertz CT molecular complexity index is 1040. The van der Waals surface area contributed by atoms with E-state index in [1.807, 2.05) is 4.90 Å². The summed E-state index contributed by atoms with van der Waals surface area (Å²) in [6.45, 7) is 4.54. The molecule has 1 aliphatic rings. The summed E-state index contributed by atoms with van der Waals surface area (Å²) in [6, 6.07) is 1.62. The van der Waals surface area contributed by atoms with Crippen molar-refractivity contribution in [3.8, 4) is 0 Å². The van der Waals surface area contributed by atoms with E-state index in [1.165, 1.54) is 19.4 Å².